The minimum atomic E-state index is 0.189. The number of phenolic OH excluding ortho intramolecular Hbond substituents is 1. The molecule has 2 rings (SSSR count). The van der Waals surface area contributed by atoms with Crippen molar-refractivity contribution in [2.75, 3.05) is 5.73 Å². The maximum absolute atomic E-state index is 9.80. The number of aromatic hydroxyl groups is 1. The number of anilines is 1. The van der Waals surface area contributed by atoms with Crippen LogP contribution in [-0.2, 0) is 6.54 Å². The van der Waals surface area contributed by atoms with Crippen LogP contribution in [0.15, 0.2) is 42.5 Å². The molecule has 0 unspecified atom stereocenters. The molecule has 2 aromatic rings. The number of rotatable bonds is 2. The molecule has 0 radical (unpaired) electrons. The van der Waals surface area contributed by atoms with Gasteiger partial charge >= 0.3 is 0 Å². The van der Waals surface area contributed by atoms with Gasteiger partial charge in [0.2, 0.25) is 0 Å². The number of nitrogens with two attached hydrogens (primary N) is 2. The molecule has 0 aliphatic carbocycles. The monoisotopic (exact) mass is 214 g/mol. The molecule has 5 N–H and O–H groups in total. The highest BCUT2D eigenvalue weighted by Gasteiger charge is 2.04. The molecular weight excluding hydrogens is 200 g/mol. The molecule has 0 aliphatic rings. The molecule has 0 bridgehead atoms. The number of hydrogen-bond donors (Lipinski definition) is 3. The molecule has 0 aliphatic heterocycles. The van der Waals surface area contributed by atoms with E-state index < -0.39 is 0 Å². The van der Waals surface area contributed by atoms with Crippen LogP contribution in [0.1, 0.15) is 5.56 Å². The molecule has 0 saturated carbocycles. The van der Waals surface area contributed by atoms with Crippen LogP contribution < -0.4 is 11.5 Å². The van der Waals surface area contributed by atoms with E-state index in [-0.39, 0.29) is 5.75 Å². The lowest BCUT2D eigenvalue weighted by atomic mass is 10.0. The molecular formula is C13H14N2O. The van der Waals surface area contributed by atoms with Gasteiger partial charge in [0.05, 0.1) is 0 Å². The molecule has 3 heteroatoms. The lowest BCUT2D eigenvalue weighted by molar-refractivity contribution is 0.477. The van der Waals surface area contributed by atoms with Gasteiger partial charge in [-0.1, -0.05) is 18.2 Å². The van der Waals surface area contributed by atoms with E-state index in [1.54, 1.807) is 18.2 Å². The van der Waals surface area contributed by atoms with Crippen molar-refractivity contribution < 1.29 is 5.11 Å². The van der Waals surface area contributed by atoms with Gasteiger partial charge in [-0.2, -0.15) is 0 Å². The minimum absolute atomic E-state index is 0.189. The maximum Gasteiger partial charge on any atom is 0.125 e. The zero-order valence-electron chi connectivity index (χ0n) is 8.85. The third kappa shape index (κ3) is 1.99. The van der Waals surface area contributed by atoms with Crippen molar-refractivity contribution in [2.24, 2.45) is 5.73 Å². The highest BCUT2D eigenvalue weighted by Crippen LogP contribution is 2.30. The number of hydrogen-bond acceptors (Lipinski definition) is 3. The fourth-order valence-corrected chi connectivity index (χ4v) is 1.66. The first kappa shape index (κ1) is 10.5. The average molecular weight is 214 g/mol. The summed E-state index contributed by atoms with van der Waals surface area (Å²) >= 11 is 0. The number of benzene rings is 2. The van der Waals surface area contributed by atoms with Gasteiger partial charge in [0.25, 0.3) is 0 Å². The first-order valence-corrected chi connectivity index (χ1v) is 5.08. The highest BCUT2D eigenvalue weighted by molar-refractivity contribution is 5.72. The van der Waals surface area contributed by atoms with Gasteiger partial charge in [0.1, 0.15) is 5.75 Å². The van der Waals surface area contributed by atoms with Crippen LogP contribution in [0.3, 0.4) is 0 Å². The fraction of sp³-hybridized carbons (Fsp3) is 0.0769. The third-order valence-corrected chi connectivity index (χ3v) is 2.50. The van der Waals surface area contributed by atoms with Crippen LogP contribution in [0.4, 0.5) is 5.69 Å². The van der Waals surface area contributed by atoms with Crippen molar-refractivity contribution in [2.45, 2.75) is 6.54 Å². The second kappa shape index (κ2) is 4.24. The molecule has 16 heavy (non-hydrogen) atoms. The SMILES string of the molecule is NCc1cccc(-c2ccc(N)cc2O)c1. The molecule has 0 aromatic heterocycles. The molecule has 82 valence electrons. The van der Waals surface area contributed by atoms with Gasteiger partial charge in [-0.15, -0.1) is 0 Å². The molecule has 0 atom stereocenters. The summed E-state index contributed by atoms with van der Waals surface area (Å²) in [6, 6.07) is 12.9. The quantitative estimate of drug-likeness (QED) is 0.670. The van der Waals surface area contributed by atoms with Crippen LogP contribution in [0.5, 0.6) is 5.75 Å². The fourth-order valence-electron chi connectivity index (χ4n) is 1.66. The van der Waals surface area contributed by atoms with E-state index in [9.17, 15) is 5.11 Å². The van der Waals surface area contributed by atoms with Crippen molar-refractivity contribution >= 4 is 5.69 Å². The zero-order valence-corrected chi connectivity index (χ0v) is 8.85. The molecule has 0 amide bonds. The Hall–Kier alpha value is -2.00. The molecule has 0 fully saturated rings. The number of nitrogen functional groups attached to an aromatic ring is 1. The average Bonchev–Trinajstić information content (AvgIpc) is 2.29. The summed E-state index contributed by atoms with van der Waals surface area (Å²) in [6.45, 7) is 0.490. The third-order valence-electron chi connectivity index (χ3n) is 2.50. The summed E-state index contributed by atoms with van der Waals surface area (Å²) in [4.78, 5) is 0. The van der Waals surface area contributed by atoms with Gasteiger partial charge < -0.3 is 16.6 Å². The Kier molecular flexibility index (Phi) is 2.79. The second-order valence-corrected chi connectivity index (χ2v) is 3.68. The van der Waals surface area contributed by atoms with Crippen molar-refractivity contribution in [3.8, 4) is 16.9 Å². The molecule has 3 nitrogen and oxygen atoms in total. The lowest BCUT2D eigenvalue weighted by Crippen LogP contribution is -1.95. The first-order chi connectivity index (χ1) is 7.70. The van der Waals surface area contributed by atoms with E-state index in [0.717, 1.165) is 16.7 Å². The maximum atomic E-state index is 9.80. The molecule has 0 spiro atoms. The van der Waals surface area contributed by atoms with Gasteiger partial charge in [-0.05, 0) is 29.3 Å². The lowest BCUT2D eigenvalue weighted by Gasteiger charge is -2.07. The summed E-state index contributed by atoms with van der Waals surface area (Å²) in [5.41, 5.74) is 14.5. The Morgan fingerprint density at radius 3 is 2.56 bits per heavy atom. The Bertz CT molecular complexity index is 509. The van der Waals surface area contributed by atoms with Gasteiger partial charge in [-0.3, -0.25) is 0 Å². The van der Waals surface area contributed by atoms with Crippen LogP contribution in [0.25, 0.3) is 11.1 Å². The van der Waals surface area contributed by atoms with Crippen molar-refractivity contribution in [1.82, 2.24) is 0 Å². The topological polar surface area (TPSA) is 72.3 Å². The van der Waals surface area contributed by atoms with E-state index in [2.05, 4.69) is 0 Å². The van der Waals surface area contributed by atoms with Gasteiger partial charge in [0, 0.05) is 23.9 Å². The summed E-state index contributed by atoms with van der Waals surface area (Å²) in [5.74, 6) is 0.189. The molecule has 2 aromatic carbocycles. The Morgan fingerprint density at radius 1 is 1.06 bits per heavy atom. The standard InChI is InChI=1S/C13H14N2O/c14-8-9-2-1-3-10(6-9)12-5-4-11(15)7-13(12)16/h1-7,16H,8,14-15H2. The Balaban J connectivity index is 2.49. The van der Waals surface area contributed by atoms with E-state index in [4.69, 9.17) is 11.5 Å². The van der Waals surface area contributed by atoms with E-state index in [0.29, 0.717) is 12.2 Å². The first-order valence-electron chi connectivity index (χ1n) is 5.08. The zero-order chi connectivity index (χ0) is 11.5. The van der Waals surface area contributed by atoms with Crippen molar-refractivity contribution in [3.63, 3.8) is 0 Å². The van der Waals surface area contributed by atoms with Crippen LogP contribution in [0.2, 0.25) is 0 Å². The van der Waals surface area contributed by atoms with Crippen LogP contribution in [0, 0.1) is 0 Å². The summed E-state index contributed by atoms with van der Waals surface area (Å²) < 4.78 is 0. The Morgan fingerprint density at radius 2 is 1.88 bits per heavy atom. The predicted molar refractivity (Wildman–Crippen MR) is 65.8 cm³/mol. The summed E-state index contributed by atoms with van der Waals surface area (Å²) in [5, 5.41) is 9.80. The summed E-state index contributed by atoms with van der Waals surface area (Å²) in [6.07, 6.45) is 0. The van der Waals surface area contributed by atoms with Crippen molar-refractivity contribution in [3.05, 3.63) is 48.0 Å². The van der Waals surface area contributed by atoms with Crippen LogP contribution >= 0.6 is 0 Å². The van der Waals surface area contributed by atoms with E-state index >= 15 is 0 Å². The smallest absolute Gasteiger partial charge is 0.125 e. The van der Waals surface area contributed by atoms with Crippen LogP contribution in [-0.4, -0.2) is 5.11 Å². The Labute approximate surface area is 94.3 Å². The minimum Gasteiger partial charge on any atom is -0.507 e. The molecule has 0 saturated heterocycles. The van der Waals surface area contributed by atoms with Crippen molar-refractivity contribution in [1.29, 1.82) is 0 Å². The largest absolute Gasteiger partial charge is 0.507 e. The van der Waals surface area contributed by atoms with E-state index in [1.165, 1.54) is 0 Å². The van der Waals surface area contributed by atoms with Gasteiger partial charge in [-0.25, -0.2) is 0 Å². The van der Waals surface area contributed by atoms with Gasteiger partial charge in [0.15, 0.2) is 0 Å². The predicted octanol–water partition coefficient (Wildman–Crippen LogP) is 2.10. The molecule has 0 heterocycles. The summed E-state index contributed by atoms with van der Waals surface area (Å²) in [7, 11) is 0. The highest BCUT2D eigenvalue weighted by atomic mass is 16.3. The normalized spacial score (nSPS) is 10.3. The second-order valence-electron chi connectivity index (χ2n) is 3.68. The number of phenols is 1. The van der Waals surface area contributed by atoms with E-state index in [1.807, 2.05) is 24.3 Å².